The molecule has 1 rings (SSSR count). The maximum atomic E-state index is 10.3. The Labute approximate surface area is 102 Å². The first-order valence-corrected chi connectivity index (χ1v) is 5.47. The van der Waals surface area contributed by atoms with Gasteiger partial charge in [0.05, 0.1) is 13.2 Å². The van der Waals surface area contributed by atoms with Gasteiger partial charge in [-0.2, -0.15) is 0 Å². The molecule has 1 aromatic heterocycles. The second kappa shape index (κ2) is 5.42. The normalized spacial score (nSPS) is 15.4. The molecule has 5 nitrogen and oxygen atoms in total. The summed E-state index contributed by atoms with van der Waals surface area (Å²) in [5, 5.41) is 10.3. The minimum atomic E-state index is -0.872. The van der Waals surface area contributed by atoms with E-state index in [1.807, 2.05) is 20.8 Å². The molecule has 1 aromatic rings. The monoisotopic (exact) mass is 240 g/mol. The van der Waals surface area contributed by atoms with Crippen LogP contribution < -0.4 is 4.74 Å². The molecule has 0 amide bonds. The summed E-state index contributed by atoms with van der Waals surface area (Å²) in [5.41, 5.74) is 0.188. The fourth-order valence-corrected chi connectivity index (χ4v) is 1.80. The number of rotatable bonds is 4. The quantitative estimate of drug-likeness (QED) is 0.865. The van der Waals surface area contributed by atoms with Crippen molar-refractivity contribution in [3.8, 4) is 5.88 Å². The molecule has 0 aliphatic carbocycles. The number of hydrogen-bond acceptors (Lipinski definition) is 5. The van der Waals surface area contributed by atoms with Gasteiger partial charge in [0.1, 0.15) is 11.8 Å². The van der Waals surface area contributed by atoms with Crippen LogP contribution in [-0.2, 0) is 4.74 Å². The Morgan fingerprint density at radius 1 is 1.18 bits per heavy atom. The third-order valence-electron chi connectivity index (χ3n) is 2.56. The van der Waals surface area contributed by atoms with Gasteiger partial charge in [0, 0.05) is 19.5 Å². The standard InChI is InChI=1S/C12H20N2O3/c1-12(2,3)10(16-4)9(15)8-11(17-5)14-7-6-13-8/h6-7,9-10,15H,1-5H3. The molecule has 17 heavy (non-hydrogen) atoms. The average molecular weight is 240 g/mol. The van der Waals surface area contributed by atoms with Gasteiger partial charge in [-0.15, -0.1) is 0 Å². The lowest BCUT2D eigenvalue weighted by atomic mass is 9.84. The van der Waals surface area contributed by atoms with Gasteiger partial charge in [0.25, 0.3) is 0 Å². The highest BCUT2D eigenvalue weighted by atomic mass is 16.5. The van der Waals surface area contributed by atoms with Crippen LogP contribution in [0.3, 0.4) is 0 Å². The summed E-state index contributed by atoms with van der Waals surface area (Å²) in [4.78, 5) is 8.13. The smallest absolute Gasteiger partial charge is 0.238 e. The molecule has 2 unspecified atom stereocenters. The molecule has 5 heteroatoms. The summed E-state index contributed by atoms with van der Waals surface area (Å²) in [7, 11) is 3.07. The highest BCUT2D eigenvalue weighted by molar-refractivity contribution is 5.21. The lowest BCUT2D eigenvalue weighted by Gasteiger charge is -2.32. The van der Waals surface area contributed by atoms with Crippen molar-refractivity contribution in [2.24, 2.45) is 5.41 Å². The van der Waals surface area contributed by atoms with Crippen molar-refractivity contribution in [1.82, 2.24) is 9.97 Å². The zero-order valence-corrected chi connectivity index (χ0v) is 11.0. The lowest BCUT2D eigenvalue weighted by Crippen LogP contribution is -2.35. The van der Waals surface area contributed by atoms with Crippen LogP contribution in [0.1, 0.15) is 32.6 Å². The van der Waals surface area contributed by atoms with E-state index in [0.717, 1.165) is 0 Å². The SMILES string of the molecule is COc1nccnc1C(O)C(OC)C(C)(C)C. The third kappa shape index (κ3) is 3.14. The van der Waals surface area contributed by atoms with Crippen LogP contribution in [0.25, 0.3) is 0 Å². The molecule has 0 bridgehead atoms. The van der Waals surface area contributed by atoms with Gasteiger partial charge >= 0.3 is 0 Å². The Kier molecular flexibility index (Phi) is 4.42. The number of aliphatic hydroxyl groups is 1. The van der Waals surface area contributed by atoms with Crippen molar-refractivity contribution in [2.45, 2.75) is 33.0 Å². The minimum absolute atomic E-state index is 0.212. The van der Waals surface area contributed by atoms with Gasteiger partial charge in [0.2, 0.25) is 5.88 Å². The summed E-state index contributed by atoms with van der Waals surface area (Å²) in [5.74, 6) is 0.325. The number of nitrogens with zero attached hydrogens (tertiary/aromatic N) is 2. The van der Waals surface area contributed by atoms with E-state index < -0.39 is 6.10 Å². The molecule has 0 spiro atoms. The molecule has 0 aromatic carbocycles. The van der Waals surface area contributed by atoms with Crippen LogP contribution in [-0.4, -0.2) is 35.4 Å². The van der Waals surface area contributed by atoms with Gasteiger partial charge in [-0.3, -0.25) is 4.98 Å². The first-order valence-electron chi connectivity index (χ1n) is 5.47. The van der Waals surface area contributed by atoms with Gasteiger partial charge in [0.15, 0.2) is 0 Å². The van der Waals surface area contributed by atoms with Crippen LogP contribution in [0.4, 0.5) is 0 Å². The predicted molar refractivity (Wildman–Crippen MR) is 63.8 cm³/mol. The molecule has 0 radical (unpaired) electrons. The Hall–Kier alpha value is -1.20. The molecule has 96 valence electrons. The zero-order chi connectivity index (χ0) is 13.1. The van der Waals surface area contributed by atoms with Crippen LogP contribution in [0.2, 0.25) is 0 Å². The number of aliphatic hydroxyl groups excluding tert-OH is 1. The van der Waals surface area contributed by atoms with Crippen molar-refractivity contribution in [3.05, 3.63) is 18.1 Å². The van der Waals surface area contributed by atoms with Crippen LogP contribution in [0.5, 0.6) is 5.88 Å². The molecule has 1 heterocycles. The summed E-state index contributed by atoms with van der Waals surface area (Å²) in [6.45, 7) is 5.98. The van der Waals surface area contributed by atoms with Crippen molar-refractivity contribution < 1.29 is 14.6 Å². The Bertz CT molecular complexity index is 363. The second-order valence-electron chi connectivity index (χ2n) is 4.92. The van der Waals surface area contributed by atoms with Crippen LogP contribution >= 0.6 is 0 Å². The lowest BCUT2D eigenvalue weighted by molar-refractivity contribution is -0.0748. The van der Waals surface area contributed by atoms with Crippen LogP contribution in [0, 0.1) is 5.41 Å². The largest absolute Gasteiger partial charge is 0.480 e. The molecule has 2 atom stereocenters. The van der Waals surface area contributed by atoms with Gasteiger partial charge in [-0.05, 0) is 5.41 Å². The molecule has 0 aliphatic rings. The highest BCUT2D eigenvalue weighted by Gasteiger charge is 2.34. The van der Waals surface area contributed by atoms with E-state index in [-0.39, 0.29) is 11.5 Å². The van der Waals surface area contributed by atoms with Crippen molar-refractivity contribution in [2.75, 3.05) is 14.2 Å². The first kappa shape index (κ1) is 13.9. The predicted octanol–water partition coefficient (Wildman–Crippen LogP) is 1.58. The molecular weight excluding hydrogens is 220 g/mol. The molecule has 0 aliphatic heterocycles. The third-order valence-corrected chi connectivity index (χ3v) is 2.56. The van der Waals surface area contributed by atoms with Crippen LogP contribution in [0.15, 0.2) is 12.4 Å². The van der Waals surface area contributed by atoms with E-state index in [2.05, 4.69) is 9.97 Å². The summed E-state index contributed by atoms with van der Waals surface area (Å²) >= 11 is 0. The zero-order valence-electron chi connectivity index (χ0n) is 11.0. The van der Waals surface area contributed by atoms with Gasteiger partial charge in [-0.1, -0.05) is 20.8 Å². The highest BCUT2D eigenvalue weighted by Crippen LogP contribution is 2.33. The maximum absolute atomic E-state index is 10.3. The van der Waals surface area contributed by atoms with E-state index >= 15 is 0 Å². The fraction of sp³-hybridized carbons (Fsp3) is 0.667. The maximum Gasteiger partial charge on any atom is 0.238 e. The number of hydrogen-bond donors (Lipinski definition) is 1. The van der Waals surface area contributed by atoms with E-state index in [1.54, 1.807) is 7.11 Å². The van der Waals surface area contributed by atoms with Crippen molar-refractivity contribution in [1.29, 1.82) is 0 Å². The summed E-state index contributed by atoms with van der Waals surface area (Å²) in [6.07, 6.45) is 1.79. The van der Waals surface area contributed by atoms with Crippen molar-refractivity contribution >= 4 is 0 Å². The Morgan fingerprint density at radius 2 is 1.76 bits per heavy atom. The summed E-state index contributed by atoms with van der Waals surface area (Å²) < 4.78 is 10.4. The number of methoxy groups -OCH3 is 2. The molecule has 0 saturated carbocycles. The topological polar surface area (TPSA) is 64.5 Å². The van der Waals surface area contributed by atoms with Gasteiger partial charge < -0.3 is 14.6 Å². The minimum Gasteiger partial charge on any atom is -0.480 e. The Morgan fingerprint density at radius 3 is 2.24 bits per heavy atom. The van der Waals surface area contributed by atoms with E-state index in [0.29, 0.717) is 11.6 Å². The summed E-state index contributed by atoms with van der Waals surface area (Å²) in [6, 6.07) is 0. The average Bonchev–Trinajstić information content (AvgIpc) is 2.27. The van der Waals surface area contributed by atoms with Crippen molar-refractivity contribution in [3.63, 3.8) is 0 Å². The molecule has 0 saturated heterocycles. The fourth-order valence-electron chi connectivity index (χ4n) is 1.80. The van der Waals surface area contributed by atoms with Gasteiger partial charge in [-0.25, -0.2) is 4.98 Å². The van der Waals surface area contributed by atoms with E-state index in [1.165, 1.54) is 19.5 Å². The van der Waals surface area contributed by atoms with E-state index in [4.69, 9.17) is 9.47 Å². The molecular formula is C12H20N2O3. The molecule has 0 fully saturated rings. The first-order chi connectivity index (χ1) is 7.91. The molecule has 1 N–H and O–H groups in total. The Balaban J connectivity index is 3.06. The number of ether oxygens (including phenoxy) is 2. The second-order valence-corrected chi connectivity index (χ2v) is 4.92. The number of aromatic nitrogens is 2. The van der Waals surface area contributed by atoms with E-state index in [9.17, 15) is 5.11 Å².